The molecule has 3 heterocycles. The topological polar surface area (TPSA) is 170 Å². The lowest BCUT2D eigenvalue weighted by atomic mass is 9.86. The molecule has 2 aromatic rings. The number of benzene rings is 1. The predicted molar refractivity (Wildman–Crippen MR) is 212 cm³/mol. The summed E-state index contributed by atoms with van der Waals surface area (Å²) in [6, 6.07) is 6.66. The van der Waals surface area contributed by atoms with Crippen LogP contribution < -0.4 is 19.5 Å². The molecule has 0 radical (unpaired) electrons. The van der Waals surface area contributed by atoms with Crippen LogP contribution in [0.3, 0.4) is 0 Å². The zero-order valence-corrected chi connectivity index (χ0v) is 33.7. The summed E-state index contributed by atoms with van der Waals surface area (Å²) in [7, 11) is -2.24. The second-order valence-corrected chi connectivity index (χ2v) is 19.2. The van der Waals surface area contributed by atoms with Crippen LogP contribution in [0.2, 0.25) is 0 Å². The summed E-state index contributed by atoms with van der Waals surface area (Å²) in [6.07, 6.45) is 12.6. The molecule has 1 aromatic carbocycles. The Morgan fingerprint density at radius 1 is 0.965 bits per heavy atom. The summed E-state index contributed by atoms with van der Waals surface area (Å²) in [4.78, 5) is 63.4. The highest BCUT2D eigenvalue weighted by molar-refractivity contribution is 7.91. The maximum Gasteiger partial charge on any atom is 0.306 e. The van der Waals surface area contributed by atoms with E-state index in [1.165, 1.54) is 4.90 Å². The molecule has 2 bridgehead atoms. The highest BCUT2D eigenvalue weighted by Gasteiger charge is 2.62. The number of rotatable bonds is 8. The first-order valence-electron chi connectivity index (χ1n) is 21.1. The average Bonchev–Trinajstić information content (AvgIpc) is 3.98. The van der Waals surface area contributed by atoms with Crippen molar-refractivity contribution in [2.24, 2.45) is 23.7 Å². The van der Waals surface area contributed by atoms with Crippen LogP contribution in [0.4, 0.5) is 0 Å². The zero-order chi connectivity index (χ0) is 39.9. The molecule has 4 saturated carbocycles. The molecular formula is C43H56N4O9S. The molecule has 13 nitrogen and oxygen atoms in total. The van der Waals surface area contributed by atoms with Crippen LogP contribution in [0.1, 0.15) is 108 Å². The van der Waals surface area contributed by atoms with Crippen molar-refractivity contribution in [3.8, 4) is 11.6 Å². The fourth-order valence-corrected chi connectivity index (χ4v) is 11.5. The van der Waals surface area contributed by atoms with Crippen molar-refractivity contribution in [3.63, 3.8) is 0 Å². The number of pyridine rings is 1. The highest BCUT2D eigenvalue weighted by atomic mass is 32.2. The van der Waals surface area contributed by atoms with E-state index in [0.717, 1.165) is 81.6 Å². The standard InChI is InChI=1S/C43H56N4O9S/c1-3-28-24-43(28,42(51)46-57(52,53)30-20-21-30)45-39(49)35-22-29-25-47(35)41(50)33(26-12-7-8-13-26)23-37(48)56-36-19-11-15-27(36)14-5-4-6-17-32-38(54-2)31-16-9-10-18-34(31)44-40(32)55-29/h3,9-10,16,18,26-30,33,35-36H,1,4-8,11-15,17,19-25H2,2H3,(H,45,49)(H,46,51)/t27-,28-,29-,33+,35+,36-,43-/m1/s1. The number of ether oxygens (including phenoxy) is 3. The van der Waals surface area contributed by atoms with E-state index in [4.69, 9.17) is 19.2 Å². The first-order valence-corrected chi connectivity index (χ1v) is 22.7. The number of hydrogen-bond acceptors (Lipinski definition) is 10. The molecule has 1 saturated heterocycles. The van der Waals surface area contributed by atoms with Crippen LogP contribution >= 0.6 is 0 Å². The van der Waals surface area contributed by atoms with Crippen LogP contribution in [-0.4, -0.2) is 84.7 Å². The van der Waals surface area contributed by atoms with Gasteiger partial charge in [-0.1, -0.05) is 43.9 Å². The van der Waals surface area contributed by atoms with Crippen LogP contribution in [0.15, 0.2) is 36.9 Å². The Morgan fingerprint density at radius 3 is 2.44 bits per heavy atom. The molecule has 308 valence electrons. The van der Waals surface area contributed by atoms with Crippen molar-refractivity contribution >= 4 is 44.6 Å². The van der Waals surface area contributed by atoms with Crippen molar-refractivity contribution < 1.29 is 41.8 Å². The van der Waals surface area contributed by atoms with E-state index in [1.54, 1.807) is 13.2 Å². The summed E-state index contributed by atoms with van der Waals surface area (Å²) >= 11 is 0. The Hall–Kier alpha value is -4.20. The number of amides is 3. The summed E-state index contributed by atoms with van der Waals surface area (Å²) in [6.45, 7) is 3.88. The predicted octanol–water partition coefficient (Wildman–Crippen LogP) is 5.29. The van der Waals surface area contributed by atoms with Gasteiger partial charge in [-0.2, -0.15) is 0 Å². The third-order valence-electron chi connectivity index (χ3n) is 13.5. The summed E-state index contributed by atoms with van der Waals surface area (Å²) in [5.74, 6) is -1.95. The van der Waals surface area contributed by atoms with E-state index in [-0.39, 0.29) is 55.6 Å². The molecule has 7 atom stereocenters. The van der Waals surface area contributed by atoms with Gasteiger partial charge in [-0.3, -0.25) is 23.9 Å². The van der Waals surface area contributed by atoms with Crippen molar-refractivity contribution in [1.29, 1.82) is 0 Å². The molecule has 57 heavy (non-hydrogen) atoms. The van der Waals surface area contributed by atoms with Gasteiger partial charge in [0.2, 0.25) is 27.7 Å². The van der Waals surface area contributed by atoms with Gasteiger partial charge in [0.25, 0.3) is 5.91 Å². The number of aromatic nitrogens is 1. The van der Waals surface area contributed by atoms with Crippen LogP contribution in [0.5, 0.6) is 11.6 Å². The number of esters is 1. The van der Waals surface area contributed by atoms with Crippen molar-refractivity contribution in [3.05, 3.63) is 42.5 Å². The Labute approximate surface area is 335 Å². The van der Waals surface area contributed by atoms with Gasteiger partial charge in [-0.05, 0) is 94.6 Å². The number of sulfonamides is 1. The molecular weight excluding hydrogens is 749 g/mol. The quantitative estimate of drug-likeness (QED) is 0.264. The second-order valence-electron chi connectivity index (χ2n) is 17.3. The first-order chi connectivity index (χ1) is 27.5. The van der Waals surface area contributed by atoms with Crippen LogP contribution in [0, 0.1) is 23.7 Å². The smallest absolute Gasteiger partial charge is 0.306 e. The van der Waals surface area contributed by atoms with Crippen molar-refractivity contribution in [2.45, 2.75) is 138 Å². The number of carbonyl (C=O) groups is 4. The number of nitrogens with zero attached hydrogens (tertiary/aromatic N) is 2. The van der Waals surface area contributed by atoms with Gasteiger partial charge < -0.3 is 24.4 Å². The van der Waals surface area contributed by atoms with Gasteiger partial charge >= 0.3 is 5.97 Å². The zero-order valence-electron chi connectivity index (χ0n) is 32.9. The van der Waals surface area contributed by atoms with Gasteiger partial charge in [-0.15, -0.1) is 6.58 Å². The van der Waals surface area contributed by atoms with E-state index in [2.05, 4.69) is 16.6 Å². The van der Waals surface area contributed by atoms with Crippen LogP contribution in [0.25, 0.3) is 10.9 Å². The number of para-hydroxylation sites is 1. The van der Waals surface area contributed by atoms with Crippen LogP contribution in [-0.2, 0) is 40.4 Å². The summed E-state index contributed by atoms with van der Waals surface area (Å²) < 4.78 is 46.8. The van der Waals surface area contributed by atoms with E-state index in [1.807, 2.05) is 24.3 Å². The van der Waals surface area contributed by atoms with E-state index in [0.29, 0.717) is 36.4 Å². The molecule has 1 aromatic heterocycles. The normalized spacial score (nSPS) is 31.3. The first kappa shape index (κ1) is 39.6. The van der Waals surface area contributed by atoms with Gasteiger partial charge in [-0.25, -0.2) is 13.4 Å². The Kier molecular flexibility index (Phi) is 11.3. The Balaban J connectivity index is 1.14. The molecule has 3 amide bonds. The van der Waals surface area contributed by atoms with Gasteiger partial charge in [0, 0.05) is 17.7 Å². The van der Waals surface area contributed by atoms with Gasteiger partial charge in [0.1, 0.15) is 29.5 Å². The van der Waals surface area contributed by atoms with E-state index < -0.39 is 56.6 Å². The lowest BCUT2D eigenvalue weighted by molar-refractivity contribution is -0.156. The number of nitrogens with one attached hydrogen (secondary N) is 2. The molecule has 2 N–H and O–H groups in total. The molecule has 4 aliphatic carbocycles. The summed E-state index contributed by atoms with van der Waals surface area (Å²) in [5, 5.41) is 3.13. The Bertz CT molecular complexity index is 2010. The maximum atomic E-state index is 15.0. The summed E-state index contributed by atoms with van der Waals surface area (Å²) in [5.41, 5.74) is 0.00736. The maximum absolute atomic E-state index is 15.0. The third kappa shape index (κ3) is 8.12. The van der Waals surface area contributed by atoms with E-state index >= 15 is 0 Å². The minimum Gasteiger partial charge on any atom is -0.496 e. The minimum atomic E-state index is -3.89. The van der Waals surface area contributed by atoms with Gasteiger partial charge in [0.15, 0.2) is 0 Å². The SMILES string of the molecule is C=C[C@@H]1C[C@]1(NC(=O)[C@@H]1C[C@@H]2CN1C(=O)[C@H](C1CCCC1)CC(=O)O[C@@H]1CCC[C@H]1CCCCCc1c(nc3ccccc3c1OC)O2)C(=O)NS(=O)(=O)C1CC1. The Morgan fingerprint density at radius 2 is 1.70 bits per heavy atom. The van der Waals surface area contributed by atoms with Gasteiger partial charge in [0.05, 0.1) is 42.3 Å². The molecule has 5 fully saturated rings. The lowest BCUT2D eigenvalue weighted by Crippen LogP contribution is -2.57. The number of fused-ring (bicyclic) bond motifs is 5. The number of methoxy groups -OCH3 is 1. The second kappa shape index (κ2) is 16.2. The monoisotopic (exact) mass is 804 g/mol. The molecule has 6 aliphatic rings. The fourth-order valence-electron chi connectivity index (χ4n) is 10.1. The lowest BCUT2D eigenvalue weighted by Gasteiger charge is -2.32. The highest BCUT2D eigenvalue weighted by Crippen LogP contribution is 2.46. The van der Waals surface area contributed by atoms with Crippen molar-refractivity contribution in [2.75, 3.05) is 13.7 Å². The fraction of sp³-hybridized carbons (Fsp3) is 0.651. The minimum absolute atomic E-state index is 0.0463. The third-order valence-corrected chi connectivity index (χ3v) is 15.3. The van der Waals surface area contributed by atoms with Crippen molar-refractivity contribution in [1.82, 2.24) is 19.9 Å². The molecule has 0 unspecified atom stereocenters. The largest absolute Gasteiger partial charge is 0.496 e. The average molecular weight is 805 g/mol. The molecule has 8 rings (SSSR count). The number of carbonyl (C=O) groups excluding carboxylic acids is 4. The number of hydrogen-bond donors (Lipinski definition) is 2. The molecule has 0 spiro atoms. The van der Waals surface area contributed by atoms with E-state index in [9.17, 15) is 27.6 Å². The molecule has 14 heteroatoms. The molecule has 2 aliphatic heterocycles.